The zero-order valence-corrected chi connectivity index (χ0v) is 8.74. The first kappa shape index (κ1) is 9.96. The minimum absolute atomic E-state index is 0.170. The van der Waals surface area contributed by atoms with Crippen molar-refractivity contribution in [1.29, 1.82) is 0 Å². The van der Waals surface area contributed by atoms with Crippen molar-refractivity contribution in [3.05, 3.63) is 33.7 Å². The minimum atomic E-state index is -0.389. The lowest BCUT2D eigenvalue weighted by molar-refractivity contribution is 0.0598. The number of aromatic amines is 1. The maximum Gasteiger partial charge on any atom is 0.339 e. The summed E-state index contributed by atoms with van der Waals surface area (Å²) in [6, 6.07) is 2.88. The molecule has 0 bridgehead atoms. The number of methoxy groups -OCH3 is 1. The number of rotatable bonds is 2. The van der Waals surface area contributed by atoms with Crippen molar-refractivity contribution < 1.29 is 9.53 Å². The second kappa shape index (κ2) is 3.53. The van der Waals surface area contributed by atoms with Crippen LogP contribution >= 0.6 is 0 Å². The fraction of sp³-hybridized carbons (Fsp3) is 0.455. The Morgan fingerprint density at radius 1 is 1.53 bits per heavy atom. The first-order valence-electron chi connectivity index (χ1n) is 4.95. The van der Waals surface area contributed by atoms with E-state index in [1.165, 1.54) is 19.2 Å². The molecule has 1 saturated carbocycles. The Bertz CT molecular complexity index is 449. The number of carbonyl (C=O) groups is 1. The standard InChI is InChI=1S/C11H13NO3/c1-6-5-8(6)10-7(11(14)15-2)3-4-9(13)12-10/h3-4,6,8H,5H2,1-2H3,(H,12,13)/t6-,8-/m1/s1. The highest BCUT2D eigenvalue weighted by molar-refractivity contribution is 5.90. The summed E-state index contributed by atoms with van der Waals surface area (Å²) in [5, 5.41) is 0. The fourth-order valence-electron chi connectivity index (χ4n) is 1.80. The van der Waals surface area contributed by atoms with Gasteiger partial charge in [-0.2, -0.15) is 0 Å². The molecule has 0 unspecified atom stereocenters. The van der Waals surface area contributed by atoms with Crippen molar-refractivity contribution in [1.82, 2.24) is 4.98 Å². The van der Waals surface area contributed by atoms with Gasteiger partial charge < -0.3 is 9.72 Å². The molecule has 1 aromatic heterocycles. The number of hydrogen-bond acceptors (Lipinski definition) is 3. The monoisotopic (exact) mass is 207 g/mol. The van der Waals surface area contributed by atoms with Crippen LogP contribution in [0.1, 0.15) is 35.3 Å². The van der Waals surface area contributed by atoms with Crippen molar-refractivity contribution >= 4 is 5.97 Å². The summed E-state index contributed by atoms with van der Waals surface area (Å²) >= 11 is 0. The summed E-state index contributed by atoms with van der Waals surface area (Å²) in [5.41, 5.74) is 1.03. The van der Waals surface area contributed by atoms with Crippen LogP contribution in [0.3, 0.4) is 0 Å². The zero-order valence-electron chi connectivity index (χ0n) is 8.74. The van der Waals surface area contributed by atoms with E-state index in [-0.39, 0.29) is 11.5 Å². The van der Waals surface area contributed by atoms with Gasteiger partial charge >= 0.3 is 5.97 Å². The fourth-order valence-corrected chi connectivity index (χ4v) is 1.80. The van der Waals surface area contributed by atoms with Gasteiger partial charge in [-0.1, -0.05) is 6.92 Å². The average Bonchev–Trinajstić information content (AvgIpc) is 2.94. The van der Waals surface area contributed by atoms with E-state index in [0.717, 1.165) is 12.1 Å². The lowest BCUT2D eigenvalue weighted by Gasteiger charge is -2.05. The van der Waals surface area contributed by atoms with Gasteiger partial charge in [0, 0.05) is 17.7 Å². The number of hydrogen-bond donors (Lipinski definition) is 1. The van der Waals surface area contributed by atoms with Crippen LogP contribution in [0.5, 0.6) is 0 Å². The molecule has 1 aliphatic rings. The highest BCUT2D eigenvalue weighted by Gasteiger charge is 2.37. The number of nitrogens with one attached hydrogen (secondary N) is 1. The van der Waals surface area contributed by atoms with Crippen LogP contribution in [0, 0.1) is 5.92 Å². The lowest BCUT2D eigenvalue weighted by atomic mass is 10.1. The molecule has 1 aliphatic carbocycles. The second-order valence-corrected chi connectivity index (χ2v) is 3.96. The summed E-state index contributed by atoms with van der Waals surface area (Å²) < 4.78 is 4.67. The Balaban J connectivity index is 2.45. The van der Waals surface area contributed by atoms with Gasteiger partial charge in [0.25, 0.3) is 0 Å². The third-order valence-corrected chi connectivity index (χ3v) is 2.83. The lowest BCUT2D eigenvalue weighted by Crippen LogP contribution is -2.14. The molecule has 2 atom stereocenters. The first-order chi connectivity index (χ1) is 7.13. The van der Waals surface area contributed by atoms with Gasteiger partial charge in [-0.15, -0.1) is 0 Å². The molecule has 4 heteroatoms. The number of carbonyl (C=O) groups excluding carboxylic acids is 1. The second-order valence-electron chi connectivity index (χ2n) is 3.96. The number of ether oxygens (including phenoxy) is 1. The predicted octanol–water partition coefficient (Wildman–Crippen LogP) is 1.28. The molecule has 0 amide bonds. The molecule has 0 spiro atoms. The molecule has 1 heterocycles. The highest BCUT2D eigenvalue weighted by Crippen LogP contribution is 2.46. The van der Waals surface area contributed by atoms with Crippen LogP contribution in [0.2, 0.25) is 0 Å². The Morgan fingerprint density at radius 2 is 2.20 bits per heavy atom. The highest BCUT2D eigenvalue weighted by atomic mass is 16.5. The van der Waals surface area contributed by atoms with Crippen LogP contribution in [0.25, 0.3) is 0 Å². The Hall–Kier alpha value is -1.58. The van der Waals surface area contributed by atoms with Gasteiger partial charge in [-0.3, -0.25) is 4.79 Å². The van der Waals surface area contributed by atoms with E-state index in [9.17, 15) is 9.59 Å². The van der Waals surface area contributed by atoms with Crippen molar-refractivity contribution in [2.24, 2.45) is 5.92 Å². The average molecular weight is 207 g/mol. The number of esters is 1. The molecule has 2 rings (SSSR count). The van der Waals surface area contributed by atoms with E-state index in [1.54, 1.807) is 0 Å². The van der Waals surface area contributed by atoms with E-state index >= 15 is 0 Å². The predicted molar refractivity (Wildman–Crippen MR) is 54.9 cm³/mol. The van der Waals surface area contributed by atoms with Crippen LogP contribution in [-0.2, 0) is 4.74 Å². The first-order valence-corrected chi connectivity index (χ1v) is 4.95. The van der Waals surface area contributed by atoms with Gasteiger partial charge in [-0.05, 0) is 18.4 Å². The normalized spacial score (nSPS) is 23.6. The van der Waals surface area contributed by atoms with Gasteiger partial charge in [0.1, 0.15) is 0 Å². The SMILES string of the molecule is COC(=O)c1ccc(=O)[nH]c1[C@@H]1C[C@H]1C. The Labute approximate surface area is 87.3 Å². The molecular formula is C11H13NO3. The smallest absolute Gasteiger partial charge is 0.339 e. The quantitative estimate of drug-likeness (QED) is 0.743. The van der Waals surface area contributed by atoms with E-state index in [2.05, 4.69) is 16.6 Å². The molecule has 0 saturated heterocycles. The molecule has 0 aromatic carbocycles. The van der Waals surface area contributed by atoms with Crippen LogP contribution in [0.4, 0.5) is 0 Å². The van der Waals surface area contributed by atoms with Crippen LogP contribution < -0.4 is 5.56 Å². The van der Waals surface area contributed by atoms with Gasteiger partial charge in [0.2, 0.25) is 5.56 Å². The van der Waals surface area contributed by atoms with Gasteiger partial charge in [0.05, 0.1) is 12.7 Å². The van der Waals surface area contributed by atoms with E-state index in [1.807, 2.05) is 0 Å². The summed E-state index contributed by atoms with van der Waals surface area (Å²) in [6.45, 7) is 2.09. The number of H-pyrrole nitrogens is 1. The van der Waals surface area contributed by atoms with E-state index in [0.29, 0.717) is 17.4 Å². The number of pyridine rings is 1. The summed E-state index contributed by atoms with van der Waals surface area (Å²) in [7, 11) is 1.34. The molecule has 4 nitrogen and oxygen atoms in total. The minimum Gasteiger partial charge on any atom is -0.465 e. The summed E-state index contributed by atoms with van der Waals surface area (Å²) in [6.07, 6.45) is 1.02. The molecule has 80 valence electrons. The summed E-state index contributed by atoms with van der Waals surface area (Å²) in [5.74, 6) is 0.444. The zero-order chi connectivity index (χ0) is 11.0. The molecule has 0 aliphatic heterocycles. The third-order valence-electron chi connectivity index (χ3n) is 2.83. The maximum absolute atomic E-state index is 11.4. The van der Waals surface area contributed by atoms with Crippen molar-refractivity contribution in [2.75, 3.05) is 7.11 Å². The molecule has 15 heavy (non-hydrogen) atoms. The third kappa shape index (κ3) is 1.79. The molecule has 1 N–H and O–H groups in total. The Morgan fingerprint density at radius 3 is 2.73 bits per heavy atom. The Kier molecular flexibility index (Phi) is 2.34. The molecule has 0 radical (unpaired) electrons. The van der Waals surface area contributed by atoms with Crippen LogP contribution in [0.15, 0.2) is 16.9 Å². The van der Waals surface area contributed by atoms with Crippen LogP contribution in [-0.4, -0.2) is 18.1 Å². The molecule has 1 fully saturated rings. The van der Waals surface area contributed by atoms with Crippen molar-refractivity contribution in [3.8, 4) is 0 Å². The van der Waals surface area contributed by atoms with E-state index in [4.69, 9.17) is 0 Å². The van der Waals surface area contributed by atoms with Gasteiger partial charge in [0.15, 0.2) is 0 Å². The largest absolute Gasteiger partial charge is 0.465 e. The van der Waals surface area contributed by atoms with Crippen molar-refractivity contribution in [2.45, 2.75) is 19.3 Å². The number of aromatic nitrogens is 1. The molecule has 1 aromatic rings. The topological polar surface area (TPSA) is 59.2 Å². The molecular weight excluding hydrogens is 194 g/mol. The van der Waals surface area contributed by atoms with Gasteiger partial charge in [-0.25, -0.2) is 4.79 Å². The van der Waals surface area contributed by atoms with E-state index < -0.39 is 0 Å². The summed E-state index contributed by atoms with van der Waals surface area (Å²) in [4.78, 5) is 25.4. The van der Waals surface area contributed by atoms with Crippen molar-refractivity contribution in [3.63, 3.8) is 0 Å². The maximum atomic E-state index is 11.4.